The van der Waals surface area contributed by atoms with Crippen molar-refractivity contribution < 1.29 is 9.53 Å². The van der Waals surface area contributed by atoms with Gasteiger partial charge in [-0.3, -0.25) is 4.79 Å². The lowest BCUT2D eigenvalue weighted by Crippen LogP contribution is -2.02. The molecule has 6 nitrogen and oxygen atoms in total. The summed E-state index contributed by atoms with van der Waals surface area (Å²) in [5.74, 6) is 1.37. The SMILES string of the molecule is COc1ccc(Nc2nccc(-c3ccc(N)c4c3CCC4=O)n2)cc1. The lowest BCUT2D eigenvalue weighted by atomic mass is 9.99. The van der Waals surface area contributed by atoms with Gasteiger partial charge < -0.3 is 15.8 Å². The fraction of sp³-hybridized carbons (Fsp3) is 0.150. The van der Waals surface area contributed by atoms with E-state index in [1.807, 2.05) is 36.4 Å². The van der Waals surface area contributed by atoms with Crippen LogP contribution in [0.15, 0.2) is 48.7 Å². The molecular formula is C20H18N4O2. The number of nitrogens with zero attached hydrogens (tertiary/aromatic N) is 2. The predicted octanol–water partition coefficient (Wildman–Crippen LogP) is 3.61. The molecule has 0 saturated carbocycles. The first kappa shape index (κ1) is 16.1. The topological polar surface area (TPSA) is 90.1 Å². The molecule has 3 aromatic rings. The fourth-order valence-corrected chi connectivity index (χ4v) is 3.23. The van der Waals surface area contributed by atoms with E-state index in [4.69, 9.17) is 10.5 Å². The Morgan fingerprint density at radius 3 is 2.65 bits per heavy atom. The lowest BCUT2D eigenvalue weighted by Gasteiger charge is -2.11. The number of methoxy groups -OCH3 is 1. The average Bonchev–Trinajstić information content (AvgIpc) is 3.06. The first-order valence-corrected chi connectivity index (χ1v) is 8.35. The van der Waals surface area contributed by atoms with Crippen molar-refractivity contribution in [1.82, 2.24) is 9.97 Å². The number of nitrogens with two attached hydrogens (primary N) is 1. The molecule has 1 aromatic heterocycles. The Morgan fingerprint density at radius 2 is 1.88 bits per heavy atom. The van der Waals surface area contributed by atoms with Crippen LogP contribution in [-0.4, -0.2) is 22.9 Å². The van der Waals surface area contributed by atoms with Crippen molar-refractivity contribution in [2.75, 3.05) is 18.2 Å². The third-order valence-electron chi connectivity index (χ3n) is 4.50. The van der Waals surface area contributed by atoms with Crippen LogP contribution in [0.5, 0.6) is 5.75 Å². The minimum Gasteiger partial charge on any atom is -0.497 e. The molecule has 0 fully saturated rings. The van der Waals surface area contributed by atoms with E-state index >= 15 is 0 Å². The molecule has 0 unspecified atom stereocenters. The summed E-state index contributed by atoms with van der Waals surface area (Å²) in [4.78, 5) is 21.0. The molecule has 0 atom stereocenters. The summed E-state index contributed by atoms with van der Waals surface area (Å²) in [5.41, 5.74) is 10.7. The van der Waals surface area contributed by atoms with Gasteiger partial charge in [-0.2, -0.15) is 0 Å². The first-order valence-electron chi connectivity index (χ1n) is 8.35. The Bertz CT molecular complexity index is 984. The number of carbonyl (C=O) groups excluding carboxylic acids is 1. The molecule has 0 bridgehead atoms. The van der Waals surface area contributed by atoms with Crippen LogP contribution in [0.2, 0.25) is 0 Å². The summed E-state index contributed by atoms with van der Waals surface area (Å²) in [7, 11) is 1.63. The highest BCUT2D eigenvalue weighted by Crippen LogP contribution is 2.35. The summed E-state index contributed by atoms with van der Waals surface area (Å²) < 4.78 is 5.16. The monoisotopic (exact) mass is 346 g/mol. The van der Waals surface area contributed by atoms with E-state index in [-0.39, 0.29) is 5.78 Å². The highest BCUT2D eigenvalue weighted by Gasteiger charge is 2.25. The molecule has 1 aliphatic rings. The third-order valence-corrected chi connectivity index (χ3v) is 4.50. The van der Waals surface area contributed by atoms with Crippen LogP contribution in [0.4, 0.5) is 17.3 Å². The Kier molecular flexibility index (Phi) is 4.01. The minimum atomic E-state index is 0.102. The molecule has 130 valence electrons. The summed E-state index contributed by atoms with van der Waals surface area (Å²) in [6.07, 6.45) is 2.89. The Morgan fingerprint density at radius 1 is 1.08 bits per heavy atom. The molecule has 6 heteroatoms. The second kappa shape index (κ2) is 6.48. The Balaban J connectivity index is 1.67. The van der Waals surface area contributed by atoms with Gasteiger partial charge in [0.2, 0.25) is 5.95 Å². The number of nitrogens with one attached hydrogen (secondary N) is 1. The van der Waals surface area contributed by atoms with Gasteiger partial charge in [-0.15, -0.1) is 0 Å². The fourth-order valence-electron chi connectivity index (χ4n) is 3.23. The molecule has 3 N–H and O–H groups in total. The number of ether oxygens (including phenoxy) is 1. The van der Waals surface area contributed by atoms with Gasteiger partial charge in [0.15, 0.2) is 5.78 Å². The predicted molar refractivity (Wildman–Crippen MR) is 101 cm³/mol. The highest BCUT2D eigenvalue weighted by molar-refractivity contribution is 6.06. The summed E-state index contributed by atoms with van der Waals surface area (Å²) in [6, 6.07) is 13.1. The van der Waals surface area contributed by atoms with Crippen LogP contribution in [0.3, 0.4) is 0 Å². The van der Waals surface area contributed by atoms with Gasteiger partial charge in [-0.1, -0.05) is 6.07 Å². The number of Topliss-reactive ketones (excluding diaryl/α,β-unsaturated/α-hetero) is 1. The largest absolute Gasteiger partial charge is 0.497 e. The summed E-state index contributed by atoms with van der Waals surface area (Å²) >= 11 is 0. The van der Waals surface area contributed by atoms with Crippen LogP contribution >= 0.6 is 0 Å². The second-order valence-corrected chi connectivity index (χ2v) is 6.10. The Hall–Kier alpha value is -3.41. The number of aromatic nitrogens is 2. The van der Waals surface area contributed by atoms with Crippen LogP contribution in [-0.2, 0) is 6.42 Å². The molecule has 1 heterocycles. The van der Waals surface area contributed by atoms with E-state index in [9.17, 15) is 4.79 Å². The smallest absolute Gasteiger partial charge is 0.227 e. The number of hydrogen-bond acceptors (Lipinski definition) is 6. The van der Waals surface area contributed by atoms with E-state index in [0.29, 0.717) is 30.0 Å². The Labute approximate surface area is 151 Å². The van der Waals surface area contributed by atoms with Crippen molar-refractivity contribution >= 4 is 23.1 Å². The number of ketones is 1. The number of benzene rings is 2. The summed E-state index contributed by atoms with van der Waals surface area (Å²) in [5, 5.41) is 3.18. The maximum Gasteiger partial charge on any atom is 0.227 e. The van der Waals surface area contributed by atoms with E-state index in [2.05, 4.69) is 15.3 Å². The molecule has 1 aliphatic carbocycles. The van der Waals surface area contributed by atoms with Crippen molar-refractivity contribution in [3.63, 3.8) is 0 Å². The maximum absolute atomic E-state index is 12.1. The zero-order valence-corrected chi connectivity index (χ0v) is 14.3. The van der Waals surface area contributed by atoms with E-state index in [0.717, 1.165) is 28.3 Å². The van der Waals surface area contributed by atoms with Gasteiger partial charge >= 0.3 is 0 Å². The molecular weight excluding hydrogens is 328 g/mol. The van der Waals surface area contributed by atoms with Crippen molar-refractivity contribution in [3.05, 3.63) is 59.8 Å². The van der Waals surface area contributed by atoms with Gasteiger partial charge in [-0.25, -0.2) is 9.97 Å². The van der Waals surface area contributed by atoms with Gasteiger partial charge in [0.1, 0.15) is 5.75 Å². The number of nitrogen functional groups attached to an aromatic ring is 1. The normalized spacial score (nSPS) is 12.7. The second-order valence-electron chi connectivity index (χ2n) is 6.10. The standard InChI is InChI=1S/C20H18N4O2/c1-26-13-4-2-12(3-5-13)23-20-22-11-10-17(24-20)14-6-8-16(21)19-15(14)7-9-18(19)25/h2-6,8,10-11H,7,9,21H2,1H3,(H,22,23,24). The molecule has 0 spiro atoms. The first-order chi connectivity index (χ1) is 12.7. The van der Waals surface area contributed by atoms with Crippen LogP contribution in [0.1, 0.15) is 22.3 Å². The van der Waals surface area contributed by atoms with Crippen molar-refractivity contribution in [1.29, 1.82) is 0 Å². The van der Waals surface area contributed by atoms with E-state index < -0.39 is 0 Å². The molecule has 4 rings (SSSR count). The highest BCUT2D eigenvalue weighted by atomic mass is 16.5. The molecule has 26 heavy (non-hydrogen) atoms. The number of hydrogen-bond donors (Lipinski definition) is 2. The average molecular weight is 346 g/mol. The van der Waals surface area contributed by atoms with Crippen molar-refractivity contribution in [3.8, 4) is 17.0 Å². The van der Waals surface area contributed by atoms with Crippen molar-refractivity contribution in [2.45, 2.75) is 12.8 Å². The van der Waals surface area contributed by atoms with Gasteiger partial charge in [0, 0.05) is 35.1 Å². The zero-order valence-electron chi connectivity index (χ0n) is 14.3. The molecule has 0 amide bonds. The van der Waals surface area contributed by atoms with Gasteiger partial charge in [0.05, 0.1) is 12.8 Å². The molecule has 0 radical (unpaired) electrons. The van der Waals surface area contributed by atoms with Crippen LogP contribution in [0, 0.1) is 0 Å². The minimum absolute atomic E-state index is 0.102. The number of anilines is 3. The number of rotatable bonds is 4. The molecule has 0 aliphatic heterocycles. The van der Waals surface area contributed by atoms with Gasteiger partial charge in [-0.05, 0) is 48.4 Å². The lowest BCUT2D eigenvalue weighted by molar-refractivity contribution is 0.0995. The maximum atomic E-state index is 12.1. The number of fused-ring (bicyclic) bond motifs is 1. The van der Waals surface area contributed by atoms with Crippen LogP contribution < -0.4 is 15.8 Å². The third kappa shape index (κ3) is 2.86. The van der Waals surface area contributed by atoms with Crippen molar-refractivity contribution in [2.24, 2.45) is 0 Å². The zero-order chi connectivity index (χ0) is 18.1. The van der Waals surface area contributed by atoms with E-state index in [1.54, 1.807) is 19.4 Å². The quantitative estimate of drug-likeness (QED) is 0.702. The van der Waals surface area contributed by atoms with Crippen LogP contribution in [0.25, 0.3) is 11.3 Å². The summed E-state index contributed by atoms with van der Waals surface area (Å²) in [6.45, 7) is 0. The molecule has 2 aromatic carbocycles. The number of carbonyl (C=O) groups is 1. The van der Waals surface area contributed by atoms with E-state index in [1.165, 1.54) is 0 Å². The van der Waals surface area contributed by atoms with Gasteiger partial charge in [0.25, 0.3) is 0 Å². The molecule has 0 saturated heterocycles.